The van der Waals surface area contributed by atoms with Gasteiger partial charge in [-0.15, -0.1) is 0 Å². The van der Waals surface area contributed by atoms with Crippen LogP contribution in [-0.2, 0) is 11.4 Å². The zero-order valence-electron chi connectivity index (χ0n) is 16.0. The van der Waals surface area contributed by atoms with Gasteiger partial charge in [-0.05, 0) is 61.4 Å². The Hall–Kier alpha value is -2.95. The second-order valence-corrected chi connectivity index (χ2v) is 6.55. The monoisotopic (exact) mass is 367 g/mol. The molecule has 0 aliphatic rings. The molecule has 0 bridgehead atoms. The highest BCUT2D eigenvalue weighted by Gasteiger charge is 2.12. The number of rotatable bonds is 8. The van der Waals surface area contributed by atoms with Gasteiger partial charge in [0.15, 0.2) is 0 Å². The van der Waals surface area contributed by atoms with E-state index in [2.05, 4.69) is 12.2 Å². The van der Waals surface area contributed by atoms with Crippen molar-refractivity contribution in [1.82, 2.24) is 5.32 Å². The molecule has 1 N–H and O–H groups in total. The lowest BCUT2D eigenvalue weighted by molar-refractivity contribution is -0.119. The van der Waals surface area contributed by atoms with Gasteiger partial charge in [-0.3, -0.25) is 4.79 Å². The number of hydrogen-bond donors (Lipinski definition) is 1. The van der Waals surface area contributed by atoms with E-state index in [1.54, 1.807) is 0 Å². The highest BCUT2D eigenvalue weighted by Crippen LogP contribution is 2.26. The molecule has 1 heterocycles. The minimum Gasteiger partial charge on any atom is -0.494 e. The molecule has 0 fully saturated rings. The zero-order chi connectivity index (χ0) is 19.2. The van der Waals surface area contributed by atoms with E-state index in [4.69, 9.17) is 13.9 Å². The largest absolute Gasteiger partial charge is 0.494 e. The van der Waals surface area contributed by atoms with Crippen LogP contribution in [-0.4, -0.2) is 12.5 Å². The van der Waals surface area contributed by atoms with Crippen molar-refractivity contribution in [3.05, 3.63) is 59.9 Å². The van der Waals surface area contributed by atoms with Crippen molar-refractivity contribution >= 4 is 16.9 Å². The number of carbonyl (C=O) groups excluding carboxylic acids is 1. The predicted octanol–water partition coefficient (Wildman–Crippen LogP) is 5.00. The third-order valence-electron chi connectivity index (χ3n) is 4.15. The predicted molar refractivity (Wildman–Crippen MR) is 105 cm³/mol. The molecule has 1 aromatic heterocycles. The minimum absolute atomic E-state index is 0.0804. The first-order valence-electron chi connectivity index (χ1n) is 9.20. The first-order chi connectivity index (χ1) is 13.0. The second-order valence-electron chi connectivity index (χ2n) is 6.55. The number of nitrogens with one attached hydrogen (secondary N) is 1. The van der Waals surface area contributed by atoms with Gasteiger partial charge in [-0.2, -0.15) is 0 Å². The zero-order valence-corrected chi connectivity index (χ0v) is 16.0. The van der Waals surface area contributed by atoms with Gasteiger partial charge in [-0.25, -0.2) is 0 Å². The van der Waals surface area contributed by atoms with Gasteiger partial charge in [0.1, 0.15) is 29.4 Å². The van der Waals surface area contributed by atoms with E-state index in [0.29, 0.717) is 13.2 Å². The lowest BCUT2D eigenvalue weighted by Gasteiger charge is -2.08. The van der Waals surface area contributed by atoms with Gasteiger partial charge < -0.3 is 19.2 Å². The molecule has 2 aromatic carbocycles. The highest BCUT2D eigenvalue weighted by atomic mass is 16.5. The quantitative estimate of drug-likeness (QED) is 0.609. The van der Waals surface area contributed by atoms with Crippen molar-refractivity contribution in [1.29, 1.82) is 0 Å². The maximum Gasteiger partial charge on any atom is 0.217 e. The standard InChI is InChI=1S/C22H25NO4/c1-4-11-25-19-6-8-20(9-7-19)26-14-17-5-10-21-18(12-17)13-22(27-21)15(2)23-16(3)24/h5-10,12-13,15H,4,11,14H2,1-3H3,(H,23,24). The molecule has 3 rings (SSSR count). The van der Waals surface area contributed by atoms with Gasteiger partial charge in [0, 0.05) is 12.3 Å². The van der Waals surface area contributed by atoms with Crippen molar-refractivity contribution in [2.75, 3.05) is 6.61 Å². The lowest BCUT2D eigenvalue weighted by atomic mass is 10.1. The number of carbonyl (C=O) groups is 1. The molecule has 3 aromatic rings. The van der Waals surface area contributed by atoms with Gasteiger partial charge in [-0.1, -0.05) is 13.0 Å². The van der Waals surface area contributed by atoms with Gasteiger partial charge in [0.2, 0.25) is 5.91 Å². The summed E-state index contributed by atoms with van der Waals surface area (Å²) < 4.78 is 17.3. The fraction of sp³-hybridized carbons (Fsp3) is 0.318. The molecule has 0 radical (unpaired) electrons. The molecule has 0 saturated heterocycles. The van der Waals surface area contributed by atoms with Crippen LogP contribution >= 0.6 is 0 Å². The Labute approximate surface area is 159 Å². The topological polar surface area (TPSA) is 60.7 Å². The van der Waals surface area contributed by atoms with Crippen LogP contribution in [0.5, 0.6) is 11.5 Å². The van der Waals surface area contributed by atoms with E-state index < -0.39 is 0 Å². The van der Waals surface area contributed by atoms with E-state index >= 15 is 0 Å². The summed E-state index contributed by atoms with van der Waals surface area (Å²) in [5, 5.41) is 3.82. The van der Waals surface area contributed by atoms with Crippen LogP contribution in [0.1, 0.15) is 44.6 Å². The van der Waals surface area contributed by atoms with Crippen molar-refractivity contribution in [3.8, 4) is 11.5 Å². The fourth-order valence-corrected chi connectivity index (χ4v) is 2.81. The van der Waals surface area contributed by atoms with Crippen LogP contribution in [0, 0.1) is 0 Å². The summed E-state index contributed by atoms with van der Waals surface area (Å²) in [7, 11) is 0. The number of ether oxygens (including phenoxy) is 2. The smallest absolute Gasteiger partial charge is 0.217 e. The molecule has 1 unspecified atom stereocenters. The maximum absolute atomic E-state index is 11.2. The van der Waals surface area contributed by atoms with Gasteiger partial charge in [0.25, 0.3) is 0 Å². The van der Waals surface area contributed by atoms with Crippen LogP contribution in [0.15, 0.2) is 52.9 Å². The highest BCUT2D eigenvalue weighted by molar-refractivity contribution is 5.79. The molecule has 0 aliphatic carbocycles. The Bertz CT molecular complexity index is 898. The first kappa shape index (κ1) is 18.8. The summed E-state index contributed by atoms with van der Waals surface area (Å²) in [4.78, 5) is 11.2. The lowest BCUT2D eigenvalue weighted by Crippen LogP contribution is -2.23. The Balaban J connectivity index is 1.64. The molecule has 142 valence electrons. The van der Waals surface area contributed by atoms with Crippen molar-refractivity contribution < 1.29 is 18.7 Å². The number of hydrogen-bond acceptors (Lipinski definition) is 4. The number of fused-ring (bicyclic) bond motifs is 1. The summed E-state index contributed by atoms with van der Waals surface area (Å²) in [6, 6.07) is 15.4. The normalized spacial score (nSPS) is 12.0. The van der Waals surface area contributed by atoms with E-state index in [0.717, 1.165) is 40.2 Å². The molecule has 0 saturated carbocycles. The molecular formula is C22H25NO4. The summed E-state index contributed by atoms with van der Waals surface area (Å²) >= 11 is 0. The first-order valence-corrected chi connectivity index (χ1v) is 9.20. The molecule has 27 heavy (non-hydrogen) atoms. The summed E-state index contributed by atoms with van der Waals surface area (Å²) in [5.74, 6) is 2.31. The summed E-state index contributed by atoms with van der Waals surface area (Å²) in [6.45, 7) is 6.66. The summed E-state index contributed by atoms with van der Waals surface area (Å²) in [6.07, 6.45) is 0.986. The van der Waals surface area contributed by atoms with E-state index in [-0.39, 0.29) is 11.9 Å². The molecule has 0 aliphatic heterocycles. The van der Waals surface area contributed by atoms with Crippen molar-refractivity contribution in [2.24, 2.45) is 0 Å². The Kier molecular flexibility index (Phi) is 6.01. The van der Waals surface area contributed by atoms with Crippen molar-refractivity contribution in [2.45, 2.75) is 39.8 Å². The molecule has 1 amide bonds. The van der Waals surface area contributed by atoms with Gasteiger partial charge in [0.05, 0.1) is 12.6 Å². The number of amides is 1. The van der Waals surface area contributed by atoms with E-state index in [1.807, 2.05) is 55.5 Å². The Morgan fingerprint density at radius 3 is 2.44 bits per heavy atom. The van der Waals surface area contributed by atoms with Crippen LogP contribution < -0.4 is 14.8 Å². The summed E-state index contributed by atoms with van der Waals surface area (Å²) in [5.41, 5.74) is 1.84. The number of benzene rings is 2. The van der Waals surface area contributed by atoms with Crippen LogP contribution in [0.3, 0.4) is 0 Å². The molecule has 5 nitrogen and oxygen atoms in total. The number of furan rings is 1. The maximum atomic E-state index is 11.2. The third-order valence-corrected chi connectivity index (χ3v) is 4.15. The SMILES string of the molecule is CCCOc1ccc(OCc2ccc3oc(C(C)NC(C)=O)cc3c2)cc1. The van der Waals surface area contributed by atoms with Crippen LogP contribution in [0.2, 0.25) is 0 Å². The second kappa shape index (κ2) is 8.62. The minimum atomic E-state index is -0.164. The average molecular weight is 367 g/mol. The van der Waals surface area contributed by atoms with Crippen LogP contribution in [0.25, 0.3) is 11.0 Å². The molecule has 5 heteroatoms. The Morgan fingerprint density at radius 2 is 1.78 bits per heavy atom. The fourth-order valence-electron chi connectivity index (χ4n) is 2.81. The van der Waals surface area contributed by atoms with Crippen molar-refractivity contribution in [3.63, 3.8) is 0 Å². The Morgan fingerprint density at radius 1 is 1.07 bits per heavy atom. The molecule has 0 spiro atoms. The van der Waals surface area contributed by atoms with E-state index in [9.17, 15) is 4.79 Å². The molecular weight excluding hydrogens is 342 g/mol. The van der Waals surface area contributed by atoms with Gasteiger partial charge >= 0.3 is 0 Å². The third kappa shape index (κ3) is 5.03. The molecule has 1 atom stereocenters. The average Bonchev–Trinajstić information content (AvgIpc) is 3.08. The van der Waals surface area contributed by atoms with Crippen LogP contribution in [0.4, 0.5) is 0 Å². The van der Waals surface area contributed by atoms with E-state index in [1.165, 1.54) is 6.92 Å².